The van der Waals surface area contributed by atoms with Gasteiger partial charge in [-0.15, -0.1) is 0 Å². The third-order valence-corrected chi connectivity index (χ3v) is 3.10. The Morgan fingerprint density at radius 2 is 2.00 bits per heavy atom. The summed E-state index contributed by atoms with van der Waals surface area (Å²) < 4.78 is 5.46. The van der Waals surface area contributed by atoms with Crippen LogP contribution in [0.4, 0.5) is 5.69 Å². The molecule has 0 aromatic heterocycles. The highest BCUT2D eigenvalue weighted by Crippen LogP contribution is 2.34. The Bertz CT molecular complexity index is 376. The minimum atomic E-state index is 0.770. The fraction of sp³-hybridized carbons (Fsp3) is 0.500. The van der Waals surface area contributed by atoms with Crippen LogP contribution in [0.2, 0.25) is 5.02 Å². The Balaban J connectivity index is 2.36. The molecule has 1 fully saturated rings. The lowest BCUT2D eigenvalue weighted by Crippen LogP contribution is -2.43. The number of ether oxygens (including phenoxy) is 1. The molecule has 16 heavy (non-hydrogen) atoms. The number of nitrogens with zero attached hydrogens (tertiary/aromatic N) is 1. The molecule has 2 rings (SSSR count). The quantitative estimate of drug-likeness (QED) is 0.857. The molecule has 1 aliphatic heterocycles. The molecule has 0 bridgehead atoms. The van der Waals surface area contributed by atoms with Crippen molar-refractivity contribution in [1.82, 2.24) is 5.32 Å². The first-order valence-electron chi connectivity index (χ1n) is 5.52. The van der Waals surface area contributed by atoms with Crippen molar-refractivity contribution in [2.24, 2.45) is 0 Å². The zero-order chi connectivity index (χ0) is 11.5. The van der Waals surface area contributed by atoms with E-state index in [4.69, 9.17) is 16.3 Å². The van der Waals surface area contributed by atoms with E-state index in [0.29, 0.717) is 0 Å². The van der Waals surface area contributed by atoms with E-state index in [-0.39, 0.29) is 0 Å². The van der Waals surface area contributed by atoms with Crippen molar-refractivity contribution in [2.45, 2.75) is 6.92 Å². The van der Waals surface area contributed by atoms with Crippen LogP contribution in [0, 0.1) is 6.92 Å². The number of nitrogens with one attached hydrogen (secondary N) is 1. The van der Waals surface area contributed by atoms with E-state index in [9.17, 15) is 0 Å². The monoisotopic (exact) mass is 240 g/mol. The standard InChI is InChI=1S/C12H17ClN2O/c1-9-7-10(13)8-11(12(9)16-2)15-5-3-14-4-6-15/h7-8,14H,3-6H2,1-2H3. The summed E-state index contributed by atoms with van der Waals surface area (Å²) in [6.45, 7) is 6.03. The van der Waals surface area contributed by atoms with E-state index in [1.165, 1.54) is 0 Å². The maximum Gasteiger partial charge on any atom is 0.145 e. The Kier molecular flexibility index (Phi) is 3.56. The van der Waals surface area contributed by atoms with Gasteiger partial charge in [0.1, 0.15) is 5.75 Å². The number of halogens is 1. The molecular weight excluding hydrogens is 224 g/mol. The van der Waals surface area contributed by atoms with Gasteiger partial charge in [0.2, 0.25) is 0 Å². The zero-order valence-electron chi connectivity index (χ0n) is 9.72. The van der Waals surface area contributed by atoms with Gasteiger partial charge in [0.15, 0.2) is 0 Å². The normalized spacial score (nSPS) is 16.3. The first-order valence-corrected chi connectivity index (χ1v) is 5.90. The Morgan fingerprint density at radius 3 is 2.62 bits per heavy atom. The van der Waals surface area contributed by atoms with Crippen molar-refractivity contribution in [3.63, 3.8) is 0 Å². The minimum absolute atomic E-state index is 0.770. The van der Waals surface area contributed by atoms with Crippen LogP contribution in [0.5, 0.6) is 5.75 Å². The van der Waals surface area contributed by atoms with Gasteiger partial charge in [0.05, 0.1) is 12.8 Å². The van der Waals surface area contributed by atoms with Crippen LogP contribution in [0.25, 0.3) is 0 Å². The molecule has 1 heterocycles. The first-order chi connectivity index (χ1) is 7.72. The SMILES string of the molecule is COc1c(C)cc(Cl)cc1N1CCNCC1. The average Bonchev–Trinajstić information content (AvgIpc) is 2.29. The summed E-state index contributed by atoms with van der Waals surface area (Å²) in [5.74, 6) is 0.936. The molecule has 0 atom stereocenters. The summed E-state index contributed by atoms with van der Waals surface area (Å²) in [5.41, 5.74) is 2.19. The number of benzene rings is 1. The zero-order valence-corrected chi connectivity index (χ0v) is 10.5. The molecule has 1 N–H and O–H groups in total. The molecule has 1 aromatic carbocycles. The van der Waals surface area contributed by atoms with Gasteiger partial charge in [0.25, 0.3) is 0 Å². The lowest BCUT2D eigenvalue weighted by atomic mass is 10.1. The molecule has 0 unspecified atom stereocenters. The minimum Gasteiger partial charge on any atom is -0.494 e. The third-order valence-electron chi connectivity index (χ3n) is 2.88. The van der Waals surface area contributed by atoms with E-state index >= 15 is 0 Å². The van der Waals surface area contributed by atoms with Crippen molar-refractivity contribution in [3.8, 4) is 5.75 Å². The van der Waals surface area contributed by atoms with Gasteiger partial charge in [0, 0.05) is 31.2 Å². The van der Waals surface area contributed by atoms with Gasteiger partial charge in [-0.25, -0.2) is 0 Å². The molecule has 3 nitrogen and oxygen atoms in total. The molecule has 1 aromatic rings. The molecule has 0 radical (unpaired) electrons. The molecule has 0 aliphatic carbocycles. The number of hydrogen-bond acceptors (Lipinski definition) is 3. The third kappa shape index (κ3) is 2.25. The highest BCUT2D eigenvalue weighted by molar-refractivity contribution is 6.31. The van der Waals surface area contributed by atoms with E-state index < -0.39 is 0 Å². The molecule has 1 saturated heterocycles. The van der Waals surface area contributed by atoms with E-state index in [1.807, 2.05) is 19.1 Å². The summed E-state index contributed by atoms with van der Waals surface area (Å²) in [5, 5.41) is 4.11. The van der Waals surface area contributed by atoms with E-state index in [0.717, 1.165) is 48.2 Å². The maximum atomic E-state index is 6.10. The second kappa shape index (κ2) is 4.93. The first kappa shape index (κ1) is 11.6. The Morgan fingerprint density at radius 1 is 1.31 bits per heavy atom. The van der Waals surface area contributed by atoms with Crippen molar-refractivity contribution in [2.75, 3.05) is 38.2 Å². The summed E-state index contributed by atoms with van der Waals surface area (Å²) >= 11 is 6.10. The molecule has 88 valence electrons. The van der Waals surface area contributed by atoms with Crippen LogP contribution in [0.1, 0.15) is 5.56 Å². The van der Waals surface area contributed by atoms with Crippen molar-refractivity contribution in [3.05, 3.63) is 22.7 Å². The molecule has 4 heteroatoms. The molecule has 0 spiro atoms. The molecular formula is C12H17ClN2O. The molecule has 0 saturated carbocycles. The fourth-order valence-electron chi connectivity index (χ4n) is 2.12. The number of methoxy groups -OCH3 is 1. The summed E-state index contributed by atoms with van der Waals surface area (Å²) in [4.78, 5) is 2.31. The lowest BCUT2D eigenvalue weighted by molar-refractivity contribution is 0.410. The molecule has 1 aliphatic rings. The van der Waals surface area contributed by atoms with Crippen LogP contribution < -0.4 is 15.0 Å². The van der Waals surface area contributed by atoms with Gasteiger partial charge in [-0.3, -0.25) is 0 Å². The van der Waals surface area contributed by atoms with E-state index in [1.54, 1.807) is 7.11 Å². The summed E-state index contributed by atoms with van der Waals surface area (Å²) in [6.07, 6.45) is 0. The highest BCUT2D eigenvalue weighted by Gasteiger charge is 2.16. The van der Waals surface area contributed by atoms with Crippen molar-refractivity contribution < 1.29 is 4.74 Å². The summed E-state index contributed by atoms with van der Waals surface area (Å²) in [6, 6.07) is 3.92. The Labute approximate surface area is 101 Å². The maximum absolute atomic E-state index is 6.10. The number of piperazine rings is 1. The smallest absolute Gasteiger partial charge is 0.145 e. The number of hydrogen-bond donors (Lipinski definition) is 1. The van der Waals surface area contributed by atoms with Crippen molar-refractivity contribution >= 4 is 17.3 Å². The van der Waals surface area contributed by atoms with Crippen LogP contribution in [-0.4, -0.2) is 33.3 Å². The van der Waals surface area contributed by atoms with Gasteiger partial charge >= 0.3 is 0 Å². The van der Waals surface area contributed by atoms with Crippen LogP contribution in [0.3, 0.4) is 0 Å². The highest BCUT2D eigenvalue weighted by atomic mass is 35.5. The van der Waals surface area contributed by atoms with Crippen molar-refractivity contribution in [1.29, 1.82) is 0 Å². The predicted molar refractivity (Wildman–Crippen MR) is 67.8 cm³/mol. The number of rotatable bonds is 2. The van der Waals surface area contributed by atoms with Crippen LogP contribution >= 0.6 is 11.6 Å². The van der Waals surface area contributed by atoms with E-state index in [2.05, 4.69) is 10.2 Å². The second-order valence-corrected chi connectivity index (χ2v) is 4.45. The summed E-state index contributed by atoms with van der Waals surface area (Å²) in [7, 11) is 1.71. The fourth-order valence-corrected chi connectivity index (χ4v) is 2.39. The topological polar surface area (TPSA) is 24.5 Å². The number of aryl methyl sites for hydroxylation is 1. The van der Waals surface area contributed by atoms with Crippen LogP contribution in [-0.2, 0) is 0 Å². The van der Waals surface area contributed by atoms with Gasteiger partial charge in [-0.2, -0.15) is 0 Å². The second-order valence-electron chi connectivity index (χ2n) is 4.01. The predicted octanol–water partition coefficient (Wildman–Crippen LogP) is 2.07. The lowest BCUT2D eigenvalue weighted by Gasteiger charge is -2.31. The Hall–Kier alpha value is -0.930. The van der Waals surface area contributed by atoms with Crippen LogP contribution in [0.15, 0.2) is 12.1 Å². The number of anilines is 1. The molecule has 0 amide bonds. The van der Waals surface area contributed by atoms with Gasteiger partial charge in [-0.1, -0.05) is 11.6 Å². The van der Waals surface area contributed by atoms with Gasteiger partial charge < -0.3 is 15.0 Å². The average molecular weight is 241 g/mol. The largest absolute Gasteiger partial charge is 0.494 e. The van der Waals surface area contributed by atoms with Gasteiger partial charge in [-0.05, 0) is 24.6 Å².